The molecule has 7 nitrogen and oxygen atoms in total. The topological polar surface area (TPSA) is 72.5 Å². The third-order valence-corrected chi connectivity index (χ3v) is 5.80. The number of hydrogen-bond acceptors (Lipinski definition) is 7. The van der Waals surface area contributed by atoms with Gasteiger partial charge in [-0.15, -0.1) is 0 Å². The molecule has 0 fully saturated rings. The maximum atomic E-state index is 12.8. The second-order valence-electron chi connectivity index (χ2n) is 7.51. The fourth-order valence-electron chi connectivity index (χ4n) is 4.18. The number of carbonyl (C=O) groups excluding carboxylic acids is 1. The minimum absolute atomic E-state index is 0.336. The number of esters is 1. The van der Waals surface area contributed by atoms with Crippen LogP contribution in [0.4, 0.5) is 0 Å². The van der Waals surface area contributed by atoms with Crippen molar-refractivity contribution in [1.29, 1.82) is 0 Å². The third-order valence-electron chi connectivity index (χ3n) is 5.80. The first-order valence-electron chi connectivity index (χ1n) is 10.4. The first-order chi connectivity index (χ1) is 16.0. The summed E-state index contributed by atoms with van der Waals surface area (Å²) < 4.78 is 33.3. The Bertz CT molecular complexity index is 1130. The summed E-state index contributed by atoms with van der Waals surface area (Å²) in [5.41, 5.74) is 2.91. The number of rotatable bonds is 7. The van der Waals surface area contributed by atoms with E-state index in [2.05, 4.69) is 0 Å². The van der Waals surface area contributed by atoms with Gasteiger partial charge in [-0.2, -0.15) is 0 Å². The first-order valence-corrected chi connectivity index (χ1v) is 10.4. The molecule has 0 N–H and O–H groups in total. The van der Waals surface area contributed by atoms with Crippen molar-refractivity contribution in [1.82, 2.24) is 0 Å². The van der Waals surface area contributed by atoms with Crippen LogP contribution in [0.25, 0.3) is 0 Å². The van der Waals surface area contributed by atoms with Gasteiger partial charge in [-0.3, -0.25) is 0 Å². The van der Waals surface area contributed by atoms with E-state index in [1.807, 2.05) is 36.4 Å². The fraction of sp³-hybridized carbons (Fsp3) is 0.269. The zero-order valence-corrected chi connectivity index (χ0v) is 19.2. The van der Waals surface area contributed by atoms with Crippen LogP contribution in [0.15, 0.2) is 54.6 Å². The Morgan fingerprint density at radius 1 is 0.697 bits per heavy atom. The van der Waals surface area contributed by atoms with E-state index < -0.39 is 12.1 Å². The Morgan fingerprint density at radius 3 is 1.82 bits per heavy atom. The van der Waals surface area contributed by atoms with Gasteiger partial charge in [0.2, 0.25) is 0 Å². The van der Waals surface area contributed by atoms with Crippen LogP contribution in [-0.4, -0.2) is 41.5 Å². The summed E-state index contributed by atoms with van der Waals surface area (Å²) in [7, 11) is 7.72. The lowest BCUT2D eigenvalue weighted by Gasteiger charge is -2.22. The fourth-order valence-corrected chi connectivity index (χ4v) is 4.18. The molecule has 1 heterocycles. The molecule has 0 amide bonds. The highest BCUT2D eigenvalue weighted by Gasteiger charge is 2.41. The largest absolute Gasteiger partial charge is 0.497 e. The van der Waals surface area contributed by atoms with E-state index in [9.17, 15) is 4.79 Å². The highest BCUT2D eigenvalue weighted by molar-refractivity contribution is 5.93. The Morgan fingerprint density at radius 2 is 1.27 bits per heavy atom. The molecule has 0 saturated carbocycles. The van der Waals surface area contributed by atoms with Crippen molar-refractivity contribution in [3.05, 3.63) is 76.9 Å². The van der Waals surface area contributed by atoms with Crippen LogP contribution in [0.1, 0.15) is 39.1 Å². The van der Waals surface area contributed by atoms with Gasteiger partial charge in [0, 0.05) is 17.7 Å². The second-order valence-corrected chi connectivity index (χ2v) is 7.51. The van der Waals surface area contributed by atoms with Crippen molar-refractivity contribution in [2.45, 2.75) is 12.0 Å². The molecular formula is C26H26O7. The molecule has 0 aliphatic carbocycles. The van der Waals surface area contributed by atoms with E-state index in [1.165, 1.54) is 7.11 Å². The number of hydrogen-bond donors (Lipinski definition) is 0. The molecule has 3 aromatic rings. The second kappa shape index (κ2) is 9.32. The highest BCUT2D eigenvalue weighted by Crippen LogP contribution is 2.53. The van der Waals surface area contributed by atoms with Crippen molar-refractivity contribution in [2.24, 2.45) is 0 Å². The van der Waals surface area contributed by atoms with Gasteiger partial charge in [0.05, 0.1) is 47.0 Å². The number of fused-ring (bicyclic) bond motifs is 1. The predicted molar refractivity (Wildman–Crippen MR) is 122 cm³/mol. The summed E-state index contributed by atoms with van der Waals surface area (Å²) in [5.74, 6) is 2.28. The summed E-state index contributed by atoms with van der Waals surface area (Å²) in [6, 6.07) is 16.8. The molecule has 172 valence electrons. The summed E-state index contributed by atoms with van der Waals surface area (Å²) in [6.07, 6.45) is -0.418. The van der Waals surface area contributed by atoms with Crippen LogP contribution >= 0.6 is 0 Å². The van der Waals surface area contributed by atoms with Crippen LogP contribution < -0.4 is 23.7 Å². The van der Waals surface area contributed by atoms with Gasteiger partial charge < -0.3 is 28.4 Å². The van der Waals surface area contributed by atoms with E-state index in [0.717, 1.165) is 22.4 Å². The number of benzene rings is 3. The molecule has 0 radical (unpaired) electrons. The van der Waals surface area contributed by atoms with E-state index >= 15 is 0 Å². The minimum atomic E-state index is -0.469. The summed E-state index contributed by atoms with van der Waals surface area (Å²) in [6.45, 7) is 0. The smallest absolute Gasteiger partial charge is 0.338 e. The van der Waals surface area contributed by atoms with Crippen molar-refractivity contribution in [2.75, 3.05) is 35.5 Å². The minimum Gasteiger partial charge on any atom is -0.497 e. The predicted octanol–water partition coefficient (Wildman–Crippen LogP) is 4.77. The number of ether oxygens (including phenoxy) is 6. The molecular weight excluding hydrogens is 424 g/mol. The van der Waals surface area contributed by atoms with E-state index in [-0.39, 0.29) is 5.92 Å². The number of methoxy groups -OCH3 is 5. The number of carbonyl (C=O) groups is 1. The molecule has 0 aromatic heterocycles. The molecule has 2 atom stereocenters. The van der Waals surface area contributed by atoms with Gasteiger partial charge in [-0.1, -0.05) is 12.1 Å². The molecule has 1 aliphatic heterocycles. The van der Waals surface area contributed by atoms with Gasteiger partial charge in [0.1, 0.15) is 34.9 Å². The average Bonchev–Trinajstić information content (AvgIpc) is 3.26. The molecule has 1 aliphatic rings. The summed E-state index contributed by atoms with van der Waals surface area (Å²) in [4.78, 5) is 12.8. The molecule has 0 spiro atoms. The quantitative estimate of drug-likeness (QED) is 0.480. The van der Waals surface area contributed by atoms with Gasteiger partial charge >= 0.3 is 5.97 Å². The summed E-state index contributed by atoms with van der Waals surface area (Å²) >= 11 is 0. The van der Waals surface area contributed by atoms with Crippen LogP contribution in [0, 0.1) is 0 Å². The summed E-state index contributed by atoms with van der Waals surface area (Å²) in [5, 5.41) is 0. The molecule has 33 heavy (non-hydrogen) atoms. The van der Waals surface area contributed by atoms with Crippen LogP contribution in [0.5, 0.6) is 28.7 Å². The van der Waals surface area contributed by atoms with Gasteiger partial charge in [0.25, 0.3) is 0 Å². The zero-order chi connectivity index (χ0) is 23.5. The Labute approximate surface area is 192 Å². The molecule has 0 unspecified atom stereocenters. The van der Waals surface area contributed by atoms with E-state index in [0.29, 0.717) is 28.6 Å². The van der Waals surface area contributed by atoms with Crippen LogP contribution in [0.3, 0.4) is 0 Å². The Kier molecular flexibility index (Phi) is 6.31. The molecule has 0 bridgehead atoms. The maximum absolute atomic E-state index is 12.8. The van der Waals surface area contributed by atoms with Crippen molar-refractivity contribution in [3.63, 3.8) is 0 Å². The average molecular weight is 450 g/mol. The highest BCUT2D eigenvalue weighted by atomic mass is 16.5. The van der Waals surface area contributed by atoms with Crippen LogP contribution in [-0.2, 0) is 4.74 Å². The van der Waals surface area contributed by atoms with Crippen molar-refractivity contribution in [3.8, 4) is 28.7 Å². The van der Waals surface area contributed by atoms with Crippen LogP contribution in [0.2, 0.25) is 0 Å². The molecule has 7 heteroatoms. The maximum Gasteiger partial charge on any atom is 0.338 e. The van der Waals surface area contributed by atoms with Gasteiger partial charge in [-0.05, 0) is 41.5 Å². The molecule has 4 rings (SSSR count). The lowest BCUT2D eigenvalue weighted by molar-refractivity contribution is 0.0599. The third kappa shape index (κ3) is 4.14. The SMILES string of the molecule is COC(=O)c1cc(OC)cc2c1[C@@H](c1cc(OC)cc(OC)c1)[C@H](c1ccc(OC)cc1)O2. The monoisotopic (exact) mass is 450 g/mol. The Balaban J connectivity index is 1.95. The van der Waals surface area contributed by atoms with Crippen molar-refractivity contribution >= 4 is 5.97 Å². The first kappa shape index (κ1) is 22.3. The Hall–Kier alpha value is -3.87. The lowest BCUT2D eigenvalue weighted by Crippen LogP contribution is -2.14. The zero-order valence-electron chi connectivity index (χ0n) is 19.2. The van der Waals surface area contributed by atoms with Crippen molar-refractivity contribution < 1.29 is 33.2 Å². The van der Waals surface area contributed by atoms with Gasteiger partial charge in [0.15, 0.2) is 0 Å². The van der Waals surface area contributed by atoms with E-state index in [1.54, 1.807) is 46.6 Å². The lowest BCUT2D eigenvalue weighted by atomic mass is 9.82. The van der Waals surface area contributed by atoms with E-state index in [4.69, 9.17) is 28.4 Å². The molecule has 3 aromatic carbocycles. The normalized spacial score (nSPS) is 16.4. The standard InChI is InChI=1S/C26H26O7/c1-28-17-8-6-15(7-9-17)25-23(16-10-18(29-2)12-19(11-16)30-3)24-21(26(27)32-5)13-20(31-4)14-22(24)33-25/h6-14,23,25H,1-5H3/t23-,25+/m1/s1. The molecule has 0 saturated heterocycles. The van der Waals surface area contributed by atoms with Gasteiger partial charge in [-0.25, -0.2) is 4.79 Å².